The molecular weight excluding hydrogens is 649 g/mol. The molecule has 0 saturated carbocycles. The van der Waals surface area contributed by atoms with E-state index in [-0.39, 0.29) is 28.4 Å². The molecule has 0 aliphatic heterocycles. The van der Waals surface area contributed by atoms with Crippen LogP contribution in [0.3, 0.4) is 0 Å². The summed E-state index contributed by atoms with van der Waals surface area (Å²) in [6, 6.07) is 19.6. The monoisotopic (exact) mass is 674 g/mol. The van der Waals surface area contributed by atoms with E-state index >= 15 is 0 Å². The zero-order valence-electron chi connectivity index (χ0n) is 24.7. The first kappa shape index (κ1) is 32.8. The summed E-state index contributed by atoms with van der Waals surface area (Å²) in [7, 11) is -9.70. The molecule has 0 fully saturated rings. The first-order valence-electron chi connectivity index (χ1n) is 13.6. The summed E-state index contributed by atoms with van der Waals surface area (Å²) in [6.07, 6.45) is 1.02. The summed E-state index contributed by atoms with van der Waals surface area (Å²) in [5, 5.41) is 15.0. The summed E-state index contributed by atoms with van der Waals surface area (Å²) in [5.41, 5.74) is 10.6. The van der Waals surface area contributed by atoms with Gasteiger partial charge in [0.05, 0.1) is 17.1 Å². The van der Waals surface area contributed by atoms with Crippen LogP contribution in [0, 0.1) is 13.8 Å². The fourth-order valence-electron chi connectivity index (χ4n) is 4.54. The molecule has 47 heavy (non-hydrogen) atoms. The predicted octanol–water partition coefficient (Wildman–Crippen LogP) is 5.69. The molecule has 0 bridgehead atoms. The molecule has 0 heterocycles. The maximum atomic E-state index is 13.3. The quantitative estimate of drug-likeness (QED) is 0.0663. The number of benzene rings is 4. The van der Waals surface area contributed by atoms with Gasteiger partial charge < -0.3 is 11.1 Å². The third-order valence-electron chi connectivity index (χ3n) is 6.90. The van der Waals surface area contributed by atoms with Crippen molar-refractivity contribution < 1.29 is 35.5 Å². The number of anilines is 3. The van der Waals surface area contributed by atoms with Crippen LogP contribution in [0.2, 0.25) is 0 Å². The number of azo groups is 1. The summed E-state index contributed by atoms with van der Waals surface area (Å²) in [4.78, 5) is 24.5. The molecule has 0 saturated heterocycles. The molecule has 0 aromatic heterocycles. The molecule has 16 heteroatoms. The largest absolute Gasteiger partial charge is 0.399 e. The average Bonchev–Trinajstić information content (AvgIpc) is 3.00. The molecule has 0 radical (unpaired) electrons. The lowest BCUT2D eigenvalue weighted by molar-refractivity contribution is 0.102. The zero-order valence-corrected chi connectivity index (χ0v) is 26.3. The number of fused-ring (bicyclic) bond motifs is 1. The summed E-state index contributed by atoms with van der Waals surface area (Å²) in [6.45, 7) is 3.35. The minimum atomic E-state index is -4.99. The number of allylic oxidation sites excluding steroid dienone is 1. The van der Waals surface area contributed by atoms with E-state index in [9.17, 15) is 35.5 Å². The Morgan fingerprint density at radius 2 is 1.55 bits per heavy atom. The molecule has 5 rings (SSSR count). The van der Waals surface area contributed by atoms with Crippen molar-refractivity contribution in [3.8, 4) is 0 Å². The van der Waals surface area contributed by atoms with Crippen LogP contribution in [0.4, 0.5) is 28.4 Å². The molecule has 1 aliphatic rings. The van der Waals surface area contributed by atoms with Crippen molar-refractivity contribution in [2.75, 3.05) is 16.5 Å². The third kappa shape index (κ3) is 7.47. The van der Waals surface area contributed by atoms with Crippen LogP contribution in [0.1, 0.15) is 37.4 Å². The molecule has 14 nitrogen and oxygen atoms in total. The summed E-state index contributed by atoms with van der Waals surface area (Å²) in [5.74, 6) is -1.21. The number of nitrogens with one attached hydrogen (secondary N) is 2. The maximum Gasteiger partial charge on any atom is 0.296 e. The Labute approximate surface area is 269 Å². The summed E-state index contributed by atoms with van der Waals surface area (Å²) < 4.78 is 67.7. The second kappa shape index (κ2) is 12.7. The highest BCUT2D eigenvalue weighted by molar-refractivity contribution is 7.91. The molecular formula is C31H26N6O8S2. The van der Waals surface area contributed by atoms with Gasteiger partial charge in [0, 0.05) is 22.5 Å². The van der Waals surface area contributed by atoms with E-state index in [0.717, 1.165) is 12.1 Å². The van der Waals surface area contributed by atoms with E-state index < -0.39 is 41.5 Å². The molecule has 1 aliphatic carbocycles. The highest BCUT2D eigenvalue weighted by atomic mass is 32.2. The third-order valence-corrected chi connectivity index (χ3v) is 8.66. The van der Waals surface area contributed by atoms with Crippen LogP contribution < -0.4 is 16.5 Å². The number of hydrazone groups is 1. The van der Waals surface area contributed by atoms with E-state index in [0.29, 0.717) is 33.8 Å². The highest BCUT2D eigenvalue weighted by Crippen LogP contribution is 2.31. The van der Waals surface area contributed by atoms with Crippen molar-refractivity contribution in [3.05, 3.63) is 112 Å². The van der Waals surface area contributed by atoms with Crippen LogP contribution in [-0.2, 0) is 20.2 Å². The van der Waals surface area contributed by atoms with Crippen LogP contribution in [-0.4, -0.2) is 43.3 Å². The van der Waals surface area contributed by atoms with Gasteiger partial charge in [0.15, 0.2) is 5.71 Å². The number of amides is 1. The SMILES string of the molecule is Cc1ccc(NN=C2C(=O)c3ccc(N=Nc4ccc(NC(=O)c5ccc(N)cc5)cc4C)cc3C=C2S(=O)(=O)O)c(S(=O)(=O)O)c1. The second-order valence-electron chi connectivity index (χ2n) is 10.4. The van der Waals surface area contributed by atoms with Crippen LogP contribution in [0.15, 0.2) is 104 Å². The average molecular weight is 675 g/mol. The molecule has 1 amide bonds. The van der Waals surface area contributed by atoms with E-state index in [4.69, 9.17) is 5.73 Å². The predicted molar refractivity (Wildman–Crippen MR) is 177 cm³/mol. The number of Topliss-reactive ketones (excluding diaryl/α,β-unsaturated/α-hetero) is 1. The second-order valence-corrected chi connectivity index (χ2v) is 13.2. The Morgan fingerprint density at radius 1 is 0.830 bits per heavy atom. The lowest BCUT2D eigenvalue weighted by Crippen LogP contribution is -2.27. The number of nitrogen functional groups attached to an aromatic ring is 1. The van der Waals surface area contributed by atoms with Gasteiger partial charge in [-0.15, -0.1) is 0 Å². The fourth-order valence-corrected chi connectivity index (χ4v) is 5.92. The van der Waals surface area contributed by atoms with Crippen molar-refractivity contribution in [2.45, 2.75) is 18.7 Å². The number of nitrogens with two attached hydrogens (primary N) is 1. The van der Waals surface area contributed by atoms with E-state index in [1.807, 2.05) is 0 Å². The van der Waals surface area contributed by atoms with Crippen molar-refractivity contribution in [1.82, 2.24) is 0 Å². The Bertz CT molecular complexity index is 2260. The number of aryl methyl sites for hydroxylation is 2. The number of nitrogens with zero attached hydrogens (tertiary/aromatic N) is 3. The van der Waals surface area contributed by atoms with Gasteiger partial charge in [-0.05, 0) is 109 Å². The van der Waals surface area contributed by atoms with Gasteiger partial charge in [0.25, 0.3) is 26.1 Å². The lowest BCUT2D eigenvalue weighted by Gasteiger charge is -2.17. The van der Waals surface area contributed by atoms with Crippen molar-refractivity contribution in [3.63, 3.8) is 0 Å². The smallest absolute Gasteiger partial charge is 0.296 e. The van der Waals surface area contributed by atoms with Gasteiger partial charge in [-0.3, -0.25) is 24.1 Å². The van der Waals surface area contributed by atoms with Crippen LogP contribution in [0.25, 0.3) is 6.08 Å². The number of hydrogen-bond donors (Lipinski definition) is 5. The highest BCUT2D eigenvalue weighted by Gasteiger charge is 2.33. The number of ketones is 1. The molecule has 6 N–H and O–H groups in total. The molecule has 0 atom stereocenters. The minimum absolute atomic E-state index is 0.0215. The van der Waals surface area contributed by atoms with Crippen LogP contribution in [0.5, 0.6) is 0 Å². The van der Waals surface area contributed by atoms with Gasteiger partial charge in [0.1, 0.15) is 9.80 Å². The number of rotatable bonds is 8. The summed E-state index contributed by atoms with van der Waals surface area (Å²) >= 11 is 0. The number of carbonyl (C=O) groups is 2. The fraction of sp³-hybridized carbons (Fsp3) is 0.0645. The van der Waals surface area contributed by atoms with E-state index in [1.54, 1.807) is 56.3 Å². The van der Waals surface area contributed by atoms with Crippen molar-refractivity contribution in [2.24, 2.45) is 15.3 Å². The molecule has 240 valence electrons. The Hall–Kier alpha value is -5.55. The van der Waals surface area contributed by atoms with Crippen molar-refractivity contribution >= 4 is 72.2 Å². The number of carbonyl (C=O) groups excluding carboxylic acids is 2. The van der Waals surface area contributed by atoms with Crippen LogP contribution >= 0.6 is 0 Å². The minimum Gasteiger partial charge on any atom is -0.399 e. The first-order valence-corrected chi connectivity index (χ1v) is 16.5. The van der Waals surface area contributed by atoms with Gasteiger partial charge in [0.2, 0.25) is 5.78 Å². The van der Waals surface area contributed by atoms with E-state index in [1.165, 1.54) is 30.3 Å². The standard InChI is InChI=1S/C31H26N6O8S2/c1-17-3-11-26(27(13-17)46(40,41)42)36-37-29-28(47(43,44)45)16-20-15-23(8-10-24(20)30(29)38)34-35-25-12-9-22(14-18(25)2)33-31(39)19-4-6-21(32)7-5-19/h3-16,36H,32H2,1-2H3,(H,33,39)(H,40,41,42)(H,43,44,45). The first-order chi connectivity index (χ1) is 22.1. The zero-order chi connectivity index (χ0) is 34.1. The van der Waals surface area contributed by atoms with E-state index in [2.05, 4.69) is 26.1 Å². The van der Waals surface area contributed by atoms with Gasteiger partial charge in [-0.25, -0.2) is 0 Å². The van der Waals surface area contributed by atoms with Gasteiger partial charge in [-0.1, -0.05) is 6.07 Å². The Morgan fingerprint density at radius 3 is 2.21 bits per heavy atom. The number of hydrogen-bond acceptors (Lipinski definition) is 11. The molecule has 0 unspecified atom stereocenters. The molecule has 4 aromatic rings. The Balaban J connectivity index is 1.40. The topological polar surface area (TPSA) is 230 Å². The molecule has 4 aromatic carbocycles. The molecule has 0 spiro atoms. The van der Waals surface area contributed by atoms with Gasteiger partial charge >= 0.3 is 0 Å². The normalized spacial score (nSPS) is 14.2. The maximum absolute atomic E-state index is 13.3. The van der Waals surface area contributed by atoms with Gasteiger partial charge in [-0.2, -0.15) is 32.2 Å². The lowest BCUT2D eigenvalue weighted by atomic mass is 9.94. The Kier molecular flexibility index (Phi) is 8.86. The van der Waals surface area contributed by atoms with Crippen molar-refractivity contribution in [1.29, 1.82) is 0 Å².